The Bertz CT molecular complexity index is 834. The number of ether oxygens (including phenoxy) is 1. The Balaban J connectivity index is 1.46. The van der Waals surface area contributed by atoms with Crippen LogP contribution < -0.4 is 15.4 Å². The van der Waals surface area contributed by atoms with Crippen LogP contribution in [0.25, 0.3) is 11.3 Å². The average molecular weight is 348 g/mol. The highest BCUT2D eigenvalue weighted by Gasteiger charge is 2.03. The first-order chi connectivity index (χ1) is 12.7. The van der Waals surface area contributed by atoms with Crippen molar-refractivity contribution < 1.29 is 9.53 Å². The molecule has 0 spiro atoms. The number of pyridine rings is 2. The van der Waals surface area contributed by atoms with E-state index in [0.717, 1.165) is 28.1 Å². The van der Waals surface area contributed by atoms with E-state index in [2.05, 4.69) is 20.6 Å². The Morgan fingerprint density at radius 1 is 0.962 bits per heavy atom. The standard InChI is InChI=1S/C20H20N4O2/c1-26-18-7-4-15(5-8-18)11-23-20(25)24-13-16-6-9-19(22-12-16)17-3-2-10-21-14-17/h2-10,12,14H,11,13H2,1H3,(H2,23,24,25). The summed E-state index contributed by atoms with van der Waals surface area (Å²) in [6.45, 7) is 0.864. The van der Waals surface area contributed by atoms with Crippen molar-refractivity contribution in [2.24, 2.45) is 0 Å². The molecule has 0 aliphatic carbocycles. The van der Waals surface area contributed by atoms with Gasteiger partial charge in [0.15, 0.2) is 0 Å². The fraction of sp³-hybridized carbons (Fsp3) is 0.150. The molecule has 2 aromatic heterocycles. The smallest absolute Gasteiger partial charge is 0.315 e. The average Bonchev–Trinajstić information content (AvgIpc) is 2.72. The van der Waals surface area contributed by atoms with Crippen LogP contribution in [0, 0.1) is 0 Å². The van der Waals surface area contributed by atoms with Crippen molar-refractivity contribution in [1.82, 2.24) is 20.6 Å². The molecule has 0 saturated carbocycles. The van der Waals surface area contributed by atoms with Crippen molar-refractivity contribution in [3.63, 3.8) is 0 Å². The van der Waals surface area contributed by atoms with Crippen LogP contribution >= 0.6 is 0 Å². The van der Waals surface area contributed by atoms with Gasteiger partial charge >= 0.3 is 6.03 Å². The van der Waals surface area contributed by atoms with E-state index in [1.807, 2.05) is 48.5 Å². The number of rotatable bonds is 6. The summed E-state index contributed by atoms with van der Waals surface area (Å²) in [5, 5.41) is 5.65. The molecule has 0 saturated heterocycles. The van der Waals surface area contributed by atoms with Crippen molar-refractivity contribution >= 4 is 6.03 Å². The largest absolute Gasteiger partial charge is 0.497 e. The van der Waals surface area contributed by atoms with Crippen molar-refractivity contribution in [2.45, 2.75) is 13.1 Å². The van der Waals surface area contributed by atoms with Gasteiger partial charge in [0.05, 0.1) is 12.8 Å². The maximum atomic E-state index is 11.9. The molecule has 0 unspecified atom stereocenters. The van der Waals surface area contributed by atoms with Crippen molar-refractivity contribution in [3.05, 3.63) is 78.2 Å². The van der Waals surface area contributed by atoms with Gasteiger partial charge in [-0.05, 0) is 41.5 Å². The lowest BCUT2D eigenvalue weighted by Crippen LogP contribution is -2.34. The minimum Gasteiger partial charge on any atom is -0.497 e. The fourth-order valence-corrected chi connectivity index (χ4v) is 2.38. The van der Waals surface area contributed by atoms with Gasteiger partial charge < -0.3 is 15.4 Å². The summed E-state index contributed by atoms with van der Waals surface area (Å²) >= 11 is 0. The molecule has 6 heteroatoms. The summed E-state index contributed by atoms with van der Waals surface area (Å²) in [6.07, 6.45) is 5.26. The quantitative estimate of drug-likeness (QED) is 0.717. The molecule has 3 rings (SSSR count). The first-order valence-corrected chi connectivity index (χ1v) is 8.24. The highest BCUT2D eigenvalue weighted by molar-refractivity contribution is 5.73. The third-order valence-electron chi connectivity index (χ3n) is 3.85. The summed E-state index contributed by atoms with van der Waals surface area (Å²) in [5.41, 5.74) is 3.75. The maximum absolute atomic E-state index is 11.9. The molecule has 0 aliphatic rings. The highest BCUT2D eigenvalue weighted by atomic mass is 16.5. The lowest BCUT2D eigenvalue weighted by Gasteiger charge is -2.09. The van der Waals surface area contributed by atoms with Crippen LogP contribution in [0.2, 0.25) is 0 Å². The molecule has 2 N–H and O–H groups in total. The van der Waals surface area contributed by atoms with Crippen molar-refractivity contribution in [3.8, 4) is 17.0 Å². The molecule has 132 valence electrons. The van der Waals surface area contributed by atoms with Gasteiger partial charge in [0.2, 0.25) is 0 Å². The summed E-state index contributed by atoms with van der Waals surface area (Å²) in [7, 11) is 1.62. The Hall–Kier alpha value is -3.41. The number of urea groups is 1. The monoisotopic (exact) mass is 348 g/mol. The summed E-state index contributed by atoms with van der Waals surface area (Å²) in [6, 6.07) is 15.0. The molecule has 0 bridgehead atoms. The van der Waals surface area contributed by atoms with Gasteiger partial charge in [0, 0.05) is 37.2 Å². The number of nitrogens with one attached hydrogen (secondary N) is 2. The van der Waals surface area contributed by atoms with Crippen LogP contribution in [0.15, 0.2) is 67.1 Å². The molecule has 0 fully saturated rings. The van der Waals surface area contributed by atoms with E-state index in [0.29, 0.717) is 13.1 Å². The second-order valence-corrected chi connectivity index (χ2v) is 5.68. The molecule has 0 radical (unpaired) electrons. The van der Waals surface area contributed by atoms with Crippen LogP contribution in [-0.4, -0.2) is 23.1 Å². The predicted octanol–water partition coefficient (Wildman–Crippen LogP) is 3.15. The molecule has 26 heavy (non-hydrogen) atoms. The molecule has 2 heterocycles. The zero-order valence-electron chi connectivity index (χ0n) is 14.5. The first-order valence-electron chi connectivity index (χ1n) is 8.24. The minimum atomic E-state index is -0.225. The zero-order valence-corrected chi connectivity index (χ0v) is 14.5. The van der Waals surface area contributed by atoms with Crippen LogP contribution in [0.3, 0.4) is 0 Å². The van der Waals surface area contributed by atoms with Gasteiger partial charge in [-0.1, -0.05) is 18.2 Å². The summed E-state index contributed by atoms with van der Waals surface area (Å²) < 4.78 is 5.11. The van der Waals surface area contributed by atoms with Gasteiger partial charge in [-0.15, -0.1) is 0 Å². The molecule has 0 atom stereocenters. The first kappa shape index (κ1) is 17.4. The number of hydrogen-bond acceptors (Lipinski definition) is 4. The number of nitrogens with zero attached hydrogens (tertiary/aromatic N) is 2. The normalized spacial score (nSPS) is 10.2. The lowest BCUT2D eigenvalue weighted by atomic mass is 10.1. The molecule has 0 aliphatic heterocycles. The minimum absolute atomic E-state index is 0.225. The van der Waals surface area contributed by atoms with E-state index in [1.54, 1.807) is 25.7 Å². The van der Waals surface area contributed by atoms with E-state index < -0.39 is 0 Å². The SMILES string of the molecule is COc1ccc(CNC(=O)NCc2ccc(-c3cccnc3)nc2)cc1. The third kappa shape index (κ3) is 4.80. The van der Waals surface area contributed by atoms with Gasteiger partial charge in [0.1, 0.15) is 5.75 Å². The van der Waals surface area contributed by atoms with E-state index in [-0.39, 0.29) is 6.03 Å². The van der Waals surface area contributed by atoms with Crippen LogP contribution in [-0.2, 0) is 13.1 Å². The fourth-order valence-electron chi connectivity index (χ4n) is 2.38. The van der Waals surface area contributed by atoms with Crippen LogP contribution in [0.1, 0.15) is 11.1 Å². The lowest BCUT2D eigenvalue weighted by molar-refractivity contribution is 0.240. The molecular weight excluding hydrogens is 328 g/mol. The van der Waals surface area contributed by atoms with Crippen LogP contribution in [0.4, 0.5) is 4.79 Å². The molecule has 6 nitrogen and oxygen atoms in total. The number of benzene rings is 1. The number of amides is 2. The molecule has 2 amide bonds. The van der Waals surface area contributed by atoms with Crippen molar-refractivity contribution in [1.29, 1.82) is 0 Å². The second-order valence-electron chi connectivity index (χ2n) is 5.68. The predicted molar refractivity (Wildman–Crippen MR) is 99.5 cm³/mol. The Morgan fingerprint density at radius 3 is 2.31 bits per heavy atom. The van der Waals surface area contributed by atoms with E-state index in [4.69, 9.17) is 4.74 Å². The van der Waals surface area contributed by atoms with Gasteiger partial charge in [-0.25, -0.2) is 4.79 Å². The second kappa shape index (κ2) is 8.62. The van der Waals surface area contributed by atoms with E-state index >= 15 is 0 Å². The molecule has 3 aromatic rings. The van der Waals surface area contributed by atoms with Gasteiger partial charge in [-0.3, -0.25) is 9.97 Å². The number of carbonyl (C=O) groups is 1. The van der Waals surface area contributed by atoms with Gasteiger partial charge in [-0.2, -0.15) is 0 Å². The maximum Gasteiger partial charge on any atom is 0.315 e. The zero-order chi connectivity index (χ0) is 18.2. The number of carbonyl (C=O) groups excluding carboxylic acids is 1. The third-order valence-corrected chi connectivity index (χ3v) is 3.85. The topological polar surface area (TPSA) is 76.1 Å². The summed E-state index contributed by atoms with van der Waals surface area (Å²) in [4.78, 5) is 20.4. The number of aromatic nitrogens is 2. The van der Waals surface area contributed by atoms with Crippen LogP contribution in [0.5, 0.6) is 5.75 Å². The Morgan fingerprint density at radius 2 is 1.69 bits per heavy atom. The summed E-state index contributed by atoms with van der Waals surface area (Å²) in [5.74, 6) is 0.792. The highest BCUT2D eigenvalue weighted by Crippen LogP contribution is 2.15. The van der Waals surface area contributed by atoms with Crippen molar-refractivity contribution in [2.75, 3.05) is 7.11 Å². The van der Waals surface area contributed by atoms with E-state index in [1.165, 1.54) is 0 Å². The molecule has 1 aromatic carbocycles. The Kier molecular flexibility index (Phi) is 5.77. The number of methoxy groups -OCH3 is 1. The molecular formula is C20H20N4O2. The Labute approximate surface area is 152 Å². The van der Waals surface area contributed by atoms with E-state index in [9.17, 15) is 4.79 Å². The van der Waals surface area contributed by atoms with Gasteiger partial charge in [0.25, 0.3) is 0 Å². The number of hydrogen-bond donors (Lipinski definition) is 2.